The van der Waals surface area contributed by atoms with Crippen molar-refractivity contribution in [3.8, 4) is 5.75 Å². The zero-order valence-corrected chi connectivity index (χ0v) is 16.5. The number of ether oxygens (including phenoxy) is 1. The van der Waals surface area contributed by atoms with E-state index in [1.165, 1.54) is 12.1 Å². The fourth-order valence-electron chi connectivity index (χ4n) is 2.46. The summed E-state index contributed by atoms with van der Waals surface area (Å²) in [6.07, 6.45) is 1.67. The van der Waals surface area contributed by atoms with Gasteiger partial charge in [0.1, 0.15) is 18.2 Å². The molecule has 1 N–H and O–H groups in total. The molecule has 4 nitrogen and oxygen atoms in total. The zero-order valence-electron chi connectivity index (χ0n) is 14.9. The van der Waals surface area contributed by atoms with Crippen LogP contribution in [0.3, 0.4) is 0 Å². The molecule has 3 rings (SSSR count). The van der Waals surface area contributed by atoms with Gasteiger partial charge < -0.3 is 4.74 Å². The minimum Gasteiger partial charge on any atom is -0.488 e. The van der Waals surface area contributed by atoms with Crippen LogP contribution in [0.15, 0.2) is 82.4 Å². The SMILES string of the molecule is O=C(Cc1ccc(F)cc1)N/N=C/c1ccccc1OCc1ccc(Br)cc1. The molecule has 0 bridgehead atoms. The normalized spacial score (nSPS) is 10.8. The molecule has 3 aromatic rings. The molecule has 1 amide bonds. The standard InChI is InChI=1S/C22H18BrFN2O2/c23-19-9-5-17(6-10-19)15-28-21-4-2-1-3-18(21)14-25-26-22(27)13-16-7-11-20(24)12-8-16/h1-12,14H,13,15H2,(H,26,27)/b25-14+. The first kappa shape index (κ1) is 19.8. The number of hydrogen-bond donors (Lipinski definition) is 1. The van der Waals surface area contributed by atoms with E-state index in [2.05, 4.69) is 26.5 Å². The lowest BCUT2D eigenvalue weighted by atomic mass is 10.1. The summed E-state index contributed by atoms with van der Waals surface area (Å²) in [7, 11) is 0. The van der Waals surface area contributed by atoms with Crippen LogP contribution < -0.4 is 10.2 Å². The summed E-state index contributed by atoms with van der Waals surface area (Å²) in [5.41, 5.74) is 4.99. The molecule has 0 aliphatic rings. The lowest BCUT2D eigenvalue weighted by molar-refractivity contribution is -0.120. The van der Waals surface area contributed by atoms with Crippen LogP contribution in [0.25, 0.3) is 0 Å². The van der Waals surface area contributed by atoms with Crippen molar-refractivity contribution < 1.29 is 13.9 Å². The van der Waals surface area contributed by atoms with Crippen LogP contribution in [-0.2, 0) is 17.8 Å². The molecule has 0 unspecified atom stereocenters. The molecule has 142 valence electrons. The van der Waals surface area contributed by atoms with Gasteiger partial charge in [-0.25, -0.2) is 9.82 Å². The van der Waals surface area contributed by atoms with Gasteiger partial charge in [-0.2, -0.15) is 5.10 Å². The van der Waals surface area contributed by atoms with Crippen LogP contribution in [0.4, 0.5) is 4.39 Å². The zero-order chi connectivity index (χ0) is 19.8. The Bertz CT molecular complexity index is 957. The Morgan fingerprint density at radius 3 is 2.43 bits per heavy atom. The fraction of sp³-hybridized carbons (Fsp3) is 0.0909. The number of rotatable bonds is 7. The van der Waals surface area contributed by atoms with Crippen LogP contribution in [0.2, 0.25) is 0 Å². The van der Waals surface area contributed by atoms with Gasteiger partial charge in [-0.05, 0) is 47.5 Å². The lowest BCUT2D eigenvalue weighted by Crippen LogP contribution is -2.19. The van der Waals surface area contributed by atoms with E-state index in [9.17, 15) is 9.18 Å². The monoisotopic (exact) mass is 440 g/mol. The number of halogens is 2. The molecule has 0 saturated heterocycles. The van der Waals surface area contributed by atoms with E-state index in [4.69, 9.17) is 4.74 Å². The van der Waals surface area contributed by atoms with Crippen LogP contribution >= 0.6 is 15.9 Å². The van der Waals surface area contributed by atoms with E-state index >= 15 is 0 Å². The van der Waals surface area contributed by atoms with E-state index in [1.54, 1.807) is 18.3 Å². The summed E-state index contributed by atoms with van der Waals surface area (Å²) in [5.74, 6) is 0.0556. The summed E-state index contributed by atoms with van der Waals surface area (Å²) >= 11 is 3.41. The van der Waals surface area contributed by atoms with Gasteiger partial charge >= 0.3 is 0 Å². The third kappa shape index (κ3) is 6.03. The van der Waals surface area contributed by atoms with Crippen LogP contribution in [-0.4, -0.2) is 12.1 Å². The summed E-state index contributed by atoms with van der Waals surface area (Å²) < 4.78 is 19.8. The molecule has 0 aliphatic heterocycles. The maximum atomic E-state index is 12.9. The van der Waals surface area contributed by atoms with Crippen molar-refractivity contribution in [3.05, 3.63) is 99.8 Å². The van der Waals surface area contributed by atoms with E-state index in [-0.39, 0.29) is 18.1 Å². The van der Waals surface area contributed by atoms with Crippen molar-refractivity contribution in [2.75, 3.05) is 0 Å². The molecule has 0 heterocycles. The molecule has 0 aromatic heterocycles. The average molecular weight is 441 g/mol. The molecule has 0 radical (unpaired) electrons. The Balaban J connectivity index is 1.56. The summed E-state index contributed by atoms with van der Waals surface area (Å²) in [6.45, 7) is 0.426. The number of benzene rings is 3. The van der Waals surface area contributed by atoms with E-state index in [0.717, 1.165) is 15.6 Å². The Labute approximate surface area is 171 Å². The van der Waals surface area contributed by atoms with Gasteiger partial charge in [0.15, 0.2) is 0 Å². The number of carbonyl (C=O) groups is 1. The van der Waals surface area contributed by atoms with E-state index in [0.29, 0.717) is 17.9 Å². The Morgan fingerprint density at radius 2 is 1.68 bits per heavy atom. The van der Waals surface area contributed by atoms with Gasteiger partial charge in [0.05, 0.1) is 12.6 Å². The van der Waals surface area contributed by atoms with Crippen LogP contribution in [0.5, 0.6) is 5.75 Å². The largest absolute Gasteiger partial charge is 0.488 e. The third-order valence-corrected chi connectivity index (χ3v) is 4.43. The highest BCUT2D eigenvalue weighted by Gasteiger charge is 2.04. The highest BCUT2D eigenvalue weighted by atomic mass is 79.9. The van der Waals surface area contributed by atoms with Gasteiger partial charge in [-0.3, -0.25) is 4.79 Å². The van der Waals surface area contributed by atoms with Gasteiger partial charge in [0.2, 0.25) is 5.91 Å². The van der Waals surface area contributed by atoms with Crippen LogP contribution in [0, 0.1) is 5.82 Å². The Kier molecular flexibility index (Phi) is 6.92. The number of hydrazone groups is 1. The average Bonchev–Trinajstić information content (AvgIpc) is 2.70. The first-order valence-corrected chi connectivity index (χ1v) is 9.42. The minimum absolute atomic E-state index is 0.124. The lowest BCUT2D eigenvalue weighted by Gasteiger charge is -2.09. The van der Waals surface area contributed by atoms with Gasteiger partial charge in [0, 0.05) is 10.0 Å². The number of nitrogens with zero attached hydrogens (tertiary/aromatic N) is 1. The second-order valence-electron chi connectivity index (χ2n) is 6.05. The topological polar surface area (TPSA) is 50.7 Å². The maximum Gasteiger partial charge on any atom is 0.244 e. The van der Waals surface area contributed by atoms with Gasteiger partial charge in [-0.15, -0.1) is 0 Å². The summed E-state index contributed by atoms with van der Waals surface area (Å²) in [4.78, 5) is 12.0. The third-order valence-electron chi connectivity index (χ3n) is 3.90. The molecule has 28 heavy (non-hydrogen) atoms. The number of nitrogens with one attached hydrogen (secondary N) is 1. The van der Waals surface area contributed by atoms with Crippen molar-refractivity contribution in [1.29, 1.82) is 0 Å². The molecule has 6 heteroatoms. The van der Waals surface area contributed by atoms with Crippen molar-refractivity contribution in [2.24, 2.45) is 5.10 Å². The van der Waals surface area contributed by atoms with Crippen LogP contribution in [0.1, 0.15) is 16.7 Å². The molecular weight excluding hydrogens is 423 g/mol. The predicted molar refractivity (Wildman–Crippen MR) is 111 cm³/mol. The number of para-hydroxylation sites is 1. The molecule has 0 fully saturated rings. The minimum atomic E-state index is -0.332. The van der Waals surface area contributed by atoms with Gasteiger partial charge in [-0.1, -0.05) is 52.3 Å². The van der Waals surface area contributed by atoms with Crippen molar-refractivity contribution >= 4 is 28.1 Å². The predicted octanol–water partition coefficient (Wildman–Crippen LogP) is 4.86. The number of amides is 1. The smallest absolute Gasteiger partial charge is 0.244 e. The molecule has 3 aromatic carbocycles. The Hall–Kier alpha value is -2.99. The second kappa shape index (κ2) is 9.80. The van der Waals surface area contributed by atoms with Crippen molar-refractivity contribution in [1.82, 2.24) is 5.43 Å². The Morgan fingerprint density at radius 1 is 1.00 bits per heavy atom. The van der Waals surface area contributed by atoms with Gasteiger partial charge in [0.25, 0.3) is 0 Å². The highest BCUT2D eigenvalue weighted by Crippen LogP contribution is 2.18. The number of hydrogen-bond acceptors (Lipinski definition) is 3. The molecule has 0 spiro atoms. The first-order valence-electron chi connectivity index (χ1n) is 8.63. The summed E-state index contributed by atoms with van der Waals surface area (Å²) in [6, 6.07) is 21.1. The fourth-order valence-corrected chi connectivity index (χ4v) is 2.73. The van der Waals surface area contributed by atoms with Crippen molar-refractivity contribution in [2.45, 2.75) is 13.0 Å². The molecule has 0 saturated carbocycles. The maximum absolute atomic E-state index is 12.9. The molecule has 0 aliphatic carbocycles. The first-order chi connectivity index (χ1) is 13.6. The van der Waals surface area contributed by atoms with Crippen molar-refractivity contribution in [3.63, 3.8) is 0 Å². The van der Waals surface area contributed by atoms with E-state index in [1.807, 2.05) is 48.5 Å². The molecule has 0 atom stereocenters. The summed E-state index contributed by atoms with van der Waals surface area (Å²) in [5, 5.41) is 4.00. The highest BCUT2D eigenvalue weighted by molar-refractivity contribution is 9.10. The molecular formula is C22H18BrFN2O2. The second-order valence-corrected chi connectivity index (χ2v) is 6.97. The number of carbonyl (C=O) groups excluding carboxylic acids is 1. The van der Waals surface area contributed by atoms with E-state index < -0.39 is 0 Å². The quantitative estimate of drug-likeness (QED) is 0.421.